The number of halogens is 3. The summed E-state index contributed by atoms with van der Waals surface area (Å²) in [6.45, 7) is 1.26. The van der Waals surface area contributed by atoms with E-state index in [1.54, 1.807) is 6.92 Å². The topological polar surface area (TPSA) is 46.6 Å². The fraction of sp³-hybridized carbons (Fsp3) is 0.818. The third-order valence-electron chi connectivity index (χ3n) is 3.68. The lowest BCUT2D eigenvalue weighted by molar-refractivity contribution is -0.172. The Hall–Kier alpha value is -1.27. The highest BCUT2D eigenvalue weighted by atomic mass is 19.4. The Bertz CT molecular complexity index is 382. The monoisotopic (exact) mass is 265 g/mol. The lowest BCUT2D eigenvalue weighted by atomic mass is 9.90. The molecule has 4 nitrogen and oxygen atoms in total. The van der Waals surface area contributed by atoms with Gasteiger partial charge in [-0.3, -0.25) is 4.79 Å². The predicted octanol–water partition coefficient (Wildman–Crippen LogP) is 1.49. The summed E-state index contributed by atoms with van der Waals surface area (Å²) >= 11 is 0. The van der Waals surface area contributed by atoms with E-state index in [1.807, 2.05) is 0 Å². The molecule has 7 heteroatoms. The number of amides is 1. The van der Waals surface area contributed by atoms with Crippen LogP contribution in [0.3, 0.4) is 0 Å². The second-order valence-electron chi connectivity index (χ2n) is 4.70. The molecule has 2 rings (SSSR count). The standard InChI is InChI=1S/C11H14F3NO3/c1-2-18-9(17)10-4-3-8(16)15(10)6-7(5-10)11(12,13)14/h7H,2-6H2,1H3/t7-,10-/m1/s1. The van der Waals surface area contributed by atoms with E-state index in [1.165, 1.54) is 0 Å². The average molecular weight is 265 g/mol. The molecule has 102 valence electrons. The van der Waals surface area contributed by atoms with Crippen LogP contribution in [-0.2, 0) is 14.3 Å². The normalized spacial score (nSPS) is 31.7. The summed E-state index contributed by atoms with van der Waals surface area (Å²) in [7, 11) is 0. The Balaban J connectivity index is 2.27. The molecule has 0 saturated carbocycles. The Morgan fingerprint density at radius 3 is 2.78 bits per heavy atom. The maximum Gasteiger partial charge on any atom is 0.393 e. The van der Waals surface area contributed by atoms with Crippen LogP contribution in [0, 0.1) is 5.92 Å². The van der Waals surface area contributed by atoms with E-state index in [0.29, 0.717) is 0 Å². The van der Waals surface area contributed by atoms with Crippen LogP contribution in [0.1, 0.15) is 26.2 Å². The summed E-state index contributed by atoms with van der Waals surface area (Å²) in [4.78, 5) is 24.5. The smallest absolute Gasteiger partial charge is 0.393 e. The molecule has 2 aliphatic heterocycles. The van der Waals surface area contributed by atoms with Gasteiger partial charge in [-0.2, -0.15) is 13.2 Å². The number of hydrogen-bond acceptors (Lipinski definition) is 3. The molecule has 18 heavy (non-hydrogen) atoms. The summed E-state index contributed by atoms with van der Waals surface area (Å²) in [5.41, 5.74) is -1.38. The van der Waals surface area contributed by atoms with Crippen molar-refractivity contribution < 1.29 is 27.5 Å². The maximum absolute atomic E-state index is 12.7. The second-order valence-corrected chi connectivity index (χ2v) is 4.70. The van der Waals surface area contributed by atoms with E-state index in [9.17, 15) is 22.8 Å². The molecule has 0 bridgehead atoms. The van der Waals surface area contributed by atoms with E-state index < -0.39 is 36.1 Å². The summed E-state index contributed by atoms with van der Waals surface area (Å²) in [5.74, 6) is -2.73. The highest BCUT2D eigenvalue weighted by Gasteiger charge is 2.62. The van der Waals surface area contributed by atoms with Gasteiger partial charge in [-0.15, -0.1) is 0 Å². The van der Waals surface area contributed by atoms with Crippen molar-refractivity contribution in [2.75, 3.05) is 13.2 Å². The highest BCUT2D eigenvalue weighted by Crippen LogP contribution is 2.48. The van der Waals surface area contributed by atoms with Crippen LogP contribution in [-0.4, -0.2) is 41.6 Å². The number of esters is 1. The van der Waals surface area contributed by atoms with Crippen molar-refractivity contribution in [3.63, 3.8) is 0 Å². The van der Waals surface area contributed by atoms with Crippen LogP contribution in [0.4, 0.5) is 13.2 Å². The van der Waals surface area contributed by atoms with Gasteiger partial charge in [0.25, 0.3) is 0 Å². The van der Waals surface area contributed by atoms with Gasteiger partial charge in [0.05, 0.1) is 12.5 Å². The summed E-state index contributed by atoms with van der Waals surface area (Å²) < 4.78 is 43.0. The molecule has 2 saturated heterocycles. The molecule has 0 aromatic carbocycles. The van der Waals surface area contributed by atoms with Crippen LogP contribution < -0.4 is 0 Å². The Labute approximate surface area is 102 Å². The summed E-state index contributed by atoms with van der Waals surface area (Å²) in [5, 5.41) is 0. The molecule has 0 spiro atoms. The predicted molar refractivity (Wildman–Crippen MR) is 54.5 cm³/mol. The number of fused-ring (bicyclic) bond motifs is 1. The Morgan fingerprint density at radius 2 is 2.22 bits per heavy atom. The van der Waals surface area contributed by atoms with Crippen molar-refractivity contribution >= 4 is 11.9 Å². The van der Waals surface area contributed by atoms with Crippen molar-refractivity contribution in [1.29, 1.82) is 0 Å². The van der Waals surface area contributed by atoms with E-state index in [2.05, 4.69) is 0 Å². The number of hydrogen-bond donors (Lipinski definition) is 0. The van der Waals surface area contributed by atoms with Gasteiger partial charge in [0.1, 0.15) is 5.54 Å². The first-order chi connectivity index (χ1) is 8.31. The zero-order valence-corrected chi connectivity index (χ0v) is 9.92. The molecule has 2 heterocycles. The van der Waals surface area contributed by atoms with Crippen LogP contribution in [0.5, 0.6) is 0 Å². The first-order valence-electron chi connectivity index (χ1n) is 5.85. The number of carbonyl (C=O) groups is 2. The lowest BCUT2D eigenvalue weighted by Crippen LogP contribution is -2.48. The minimum Gasteiger partial charge on any atom is -0.464 e. The van der Waals surface area contributed by atoms with E-state index in [0.717, 1.165) is 4.90 Å². The quantitative estimate of drug-likeness (QED) is 0.711. The van der Waals surface area contributed by atoms with E-state index >= 15 is 0 Å². The molecular weight excluding hydrogens is 251 g/mol. The van der Waals surface area contributed by atoms with Crippen molar-refractivity contribution in [1.82, 2.24) is 4.90 Å². The van der Waals surface area contributed by atoms with Crippen molar-refractivity contribution in [2.24, 2.45) is 5.92 Å². The van der Waals surface area contributed by atoms with Crippen LogP contribution >= 0.6 is 0 Å². The molecule has 0 aromatic heterocycles. The van der Waals surface area contributed by atoms with Gasteiger partial charge in [0, 0.05) is 13.0 Å². The molecule has 0 radical (unpaired) electrons. The molecule has 0 unspecified atom stereocenters. The van der Waals surface area contributed by atoms with Crippen LogP contribution in [0.25, 0.3) is 0 Å². The van der Waals surface area contributed by atoms with Gasteiger partial charge >= 0.3 is 12.1 Å². The first kappa shape index (κ1) is 13.2. The zero-order chi connectivity index (χ0) is 13.6. The summed E-state index contributed by atoms with van der Waals surface area (Å²) in [6.07, 6.45) is -4.52. The number of alkyl halides is 3. The number of rotatable bonds is 2. The van der Waals surface area contributed by atoms with E-state index in [-0.39, 0.29) is 25.9 Å². The van der Waals surface area contributed by atoms with Gasteiger partial charge in [0.2, 0.25) is 5.91 Å². The van der Waals surface area contributed by atoms with Gasteiger partial charge in [-0.1, -0.05) is 0 Å². The summed E-state index contributed by atoms with van der Waals surface area (Å²) in [6, 6.07) is 0. The number of ether oxygens (including phenoxy) is 1. The highest BCUT2D eigenvalue weighted by molar-refractivity contribution is 5.92. The SMILES string of the molecule is CCOC(=O)[C@]12CCC(=O)N1C[C@H](C(F)(F)F)C2. The molecule has 2 atom stereocenters. The van der Waals surface area contributed by atoms with Gasteiger partial charge in [-0.25, -0.2) is 4.79 Å². The second kappa shape index (κ2) is 4.13. The molecule has 0 N–H and O–H groups in total. The van der Waals surface area contributed by atoms with Crippen LogP contribution in [0.15, 0.2) is 0 Å². The number of nitrogens with zero attached hydrogens (tertiary/aromatic N) is 1. The molecule has 2 aliphatic rings. The third kappa shape index (κ3) is 1.85. The van der Waals surface area contributed by atoms with Gasteiger partial charge < -0.3 is 9.64 Å². The van der Waals surface area contributed by atoms with Crippen LogP contribution in [0.2, 0.25) is 0 Å². The minimum atomic E-state index is -4.38. The number of carbonyl (C=O) groups excluding carboxylic acids is 2. The zero-order valence-electron chi connectivity index (χ0n) is 9.92. The minimum absolute atomic E-state index is 0.0965. The third-order valence-corrected chi connectivity index (χ3v) is 3.68. The van der Waals surface area contributed by atoms with E-state index in [4.69, 9.17) is 4.74 Å². The Kier molecular flexibility index (Phi) is 3.03. The average Bonchev–Trinajstić information content (AvgIpc) is 2.78. The van der Waals surface area contributed by atoms with Gasteiger partial charge in [0.15, 0.2) is 0 Å². The molecule has 0 aliphatic carbocycles. The fourth-order valence-corrected chi connectivity index (χ4v) is 2.78. The van der Waals surface area contributed by atoms with Crippen molar-refractivity contribution in [2.45, 2.75) is 37.9 Å². The van der Waals surface area contributed by atoms with Crippen molar-refractivity contribution in [3.05, 3.63) is 0 Å². The molecular formula is C11H14F3NO3. The molecule has 2 fully saturated rings. The Morgan fingerprint density at radius 1 is 1.56 bits per heavy atom. The largest absolute Gasteiger partial charge is 0.464 e. The maximum atomic E-state index is 12.7. The van der Waals surface area contributed by atoms with Gasteiger partial charge in [-0.05, 0) is 19.8 Å². The first-order valence-corrected chi connectivity index (χ1v) is 5.85. The van der Waals surface area contributed by atoms with Crippen molar-refractivity contribution in [3.8, 4) is 0 Å². The molecule has 0 aromatic rings. The lowest BCUT2D eigenvalue weighted by Gasteiger charge is -2.28. The fourth-order valence-electron chi connectivity index (χ4n) is 2.78. The molecule has 1 amide bonds.